The minimum atomic E-state index is -0.895. The number of amides is 2. The summed E-state index contributed by atoms with van der Waals surface area (Å²) in [6, 6.07) is 9.79. The molecule has 0 aliphatic carbocycles. The van der Waals surface area contributed by atoms with Crippen LogP contribution in [0.2, 0.25) is 0 Å². The molecular formula is C18H21N3O4. The third-order valence-electron chi connectivity index (χ3n) is 3.44. The number of benzene rings is 1. The summed E-state index contributed by atoms with van der Waals surface area (Å²) in [6.07, 6.45) is 2.36. The van der Waals surface area contributed by atoms with E-state index in [0.717, 1.165) is 12.0 Å². The topological polar surface area (TPSA) is 115 Å². The number of aromatic hydroxyl groups is 1. The summed E-state index contributed by atoms with van der Waals surface area (Å²) in [5.41, 5.74) is 6.44. The van der Waals surface area contributed by atoms with Crippen molar-refractivity contribution in [3.8, 4) is 11.5 Å². The van der Waals surface area contributed by atoms with Gasteiger partial charge in [0, 0.05) is 12.3 Å². The zero-order chi connectivity index (χ0) is 18.2. The van der Waals surface area contributed by atoms with E-state index in [1.54, 1.807) is 0 Å². The van der Waals surface area contributed by atoms with Gasteiger partial charge in [0.15, 0.2) is 17.2 Å². The molecule has 2 aromatic rings. The van der Waals surface area contributed by atoms with Gasteiger partial charge in [-0.2, -0.15) is 0 Å². The van der Waals surface area contributed by atoms with Crippen LogP contribution in [0.15, 0.2) is 42.6 Å². The second kappa shape index (κ2) is 8.79. The molecule has 0 bridgehead atoms. The Labute approximate surface area is 145 Å². The molecule has 4 N–H and O–H groups in total. The molecule has 7 nitrogen and oxygen atoms in total. The Bertz CT molecular complexity index is 734. The number of hydrogen-bond acceptors (Lipinski definition) is 6. The molecular weight excluding hydrogens is 322 g/mol. The van der Waals surface area contributed by atoms with Gasteiger partial charge in [-0.3, -0.25) is 14.9 Å². The van der Waals surface area contributed by atoms with Gasteiger partial charge < -0.3 is 15.6 Å². The Morgan fingerprint density at radius 1 is 1.28 bits per heavy atom. The van der Waals surface area contributed by atoms with Crippen LogP contribution in [-0.2, 0) is 11.2 Å². The molecule has 25 heavy (non-hydrogen) atoms. The number of pyridine rings is 1. The number of nitrogens with one attached hydrogen (secondary N) is 1. The van der Waals surface area contributed by atoms with Crippen molar-refractivity contribution in [3.05, 3.63) is 53.9 Å². The number of nitrogens with zero attached hydrogens (tertiary/aromatic N) is 1. The highest BCUT2D eigenvalue weighted by molar-refractivity contribution is 6.06. The van der Waals surface area contributed by atoms with Gasteiger partial charge in [-0.1, -0.05) is 37.3 Å². The average Bonchev–Trinajstić information content (AvgIpc) is 2.61. The van der Waals surface area contributed by atoms with Gasteiger partial charge in [-0.25, -0.2) is 4.98 Å². The highest BCUT2D eigenvalue weighted by Crippen LogP contribution is 2.28. The lowest BCUT2D eigenvalue weighted by Crippen LogP contribution is -2.44. The lowest BCUT2D eigenvalue weighted by Gasteiger charge is -2.13. The number of carbonyl (C=O) groups excluding carboxylic acids is 2. The van der Waals surface area contributed by atoms with Crippen LogP contribution in [0.25, 0.3) is 0 Å². The second-order valence-electron chi connectivity index (χ2n) is 5.47. The van der Waals surface area contributed by atoms with E-state index in [2.05, 4.69) is 10.3 Å². The van der Waals surface area contributed by atoms with E-state index < -0.39 is 23.6 Å². The molecule has 1 aromatic heterocycles. The third kappa shape index (κ3) is 5.02. The molecule has 1 atom stereocenters. The van der Waals surface area contributed by atoms with Crippen molar-refractivity contribution >= 4 is 11.8 Å². The molecule has 0 saturated heterocycles. The van der Waals surface area contributed by atoms with E-state index in [4.69, 9.17) is 10.5 Å². The van der Waals surface area contributed by atoms with Crippen molar-refractivity contribution in [1.82, 2.24) is 10.3 Å². The first kappa shape index (κ1) is 18.4. The van der Waals surface area contributed by atoms with Crippen molar-refractivity contribution in [3.63, 3.8) is 0 Å². The predicted octanol–water partition coefficient (Wildman–Crippen LogP) is 1.40. The number of imide groups is 1. The quantitative estimate of drug-likeness (QED) is 0.700. The van der Waals surface area contributed by atoms with Gasteiger partial charge in [0.05, 0.1) is 12.6 Å². The van der Waals surface area contributed by atoms with Crippen LogP contribution in [0.5, 0.6) is 11.5 Å². The Balaban J connectivity index is 2.02. The van der Waals surface area contributed by atoms with Gasteiger partial charge in [-0.15, -0.1) is 0 Å². The summed E-state index contributed by atoms with van der Waals surface area (Å²) in [5, 5.41) is 12.2. The highest BCUT2D eigenvalue weighted by Gasteiger charge is 2.22. The smallest absolute Gasteiger partial charge is 0.280 e. The van der Waals surface area contributed by atoms with Crippen molar-refractivity contribution in [1.29, 1.82) is 0 Å². The number of aromatic nitrogens is 1. The lowest BCUT2D eigenvalue weighted by molar-refractivity contribution is -0.121. The summed E-state index contributed by atoms with van der Waals surface area (Å²) in [4.78, 5) is 28.1. The zero-order valence-corrected chi connectivity index (χ0v) is 13.9. The van der Waals surface area contributed by atoms with Crippen molar-refractivity contribution < 1.29 is 19.4 Å². The van der Waals surface area contributed by atoms with E-state index in [-0.39, 0.29) is 11.4 Å². The average molecular weight is 343 g/mol. The minimum absolute atomic E-state index is 0.142. The Morgan fingerprint density at radius 3 is 2.68 bits per heavy atom. The summed E-state index contributed by atoms with van der Waals surface area (Å²) < 4.78 is 5.33. The predicted molar refractivity (Wildman–Crippen MR) is 92.3 cm³/mol. The molecule has 0 unspecified atom stereocenters. The molecule has 7 heteroatoms. The summed E-state index contributed by atoms with van der Waals surface area (Å²) in [7, 11) is 0. The molecule has 0 spiro atoms. The van der Waals surface area contributed by atoms with Gasteiger partial charge in [-0.05, 0) is 18.4 Å². The van der Waals surface area contributed by atoms with Gasteiger partial charge >= 0.3 is 0 Å². The van der Waals surface area contributed by atoms with E-state index >= 15 is 0 Å². The first-order chi connectivity index (χ1) is 12.0. The second-order valence-corrected chi connectivity index (χ2v) is 5.47. The van der Waals surface area contributed by atoms with Crippen LogP contribution in [0.4, 0.5) is 0 Å². The first-order valence-corrected chi connectivity index (χ1v) is 7.98. The lowest BCUT2D eigenvalue weighted by atomic mass is 10.1. The van der Waals surface area contributed by atoms with E-state index in [9.17, 15) is 14.7 Å². The molecule has 0 aliphatic rings. The molecule has 2 rings (SSSR count). The standard InChI is InChI=1S/C18H21N3O4/c1-2-10-25-14-8-9-20-15(16(14)22)18(24)21-17(23)13(19)11-12-6-4-3-5-7-12/h3-9,13,22H,2,10-11,19H2,1H3,(H,21,23,24)/t13-/m0/s1. The largest absolute Gasteiger partial charge is 0.503 e. The maximum absolute atomic E-state index is 12.2. The normalized spacial score (nSPS) is 11.6. The summed E-state index contributed by atoms with van der Waals surface area (Å²) in [5.74, 6) is -1.73. The fraction of sp³-hybridized carbons (Fsp3) is 0.278. The highest BCUT2D eigenvalue weighted by atomic mass is 16.5. The molecule has 0 saturated carbocycles. The molecule has 1 aromatic carbocycles. The van der Waals surface area contributed by atoms with Gasteiger partial charge in [0.1, 0.15) is 0 Å². The van der Waals surface area contributed by atoms with Crippen LogP contribution in [0.3, 0.4) is 0 Å². The van der Waals surface area contributed by atoms with Crippen LogP contribution in [0, 0.1) is 0 Å². The summed E-state index contributed by atoms with van der Waals surface area (Å²) >= 11 is 0. The number of hydrogen-bond donors (Lipinski definition) is 3. The van der Waals surface area contributed by atoms with E-state index in [0.29, 0.717) is 13.0 Å². The van der Waals surface area contributed by atoms with Crippen LogP contribution >= 0.6 is 0 Å². The van der Waals surface area contributed by atoms with Crippen LogP contribution in [-0.4, -0.2) is 34.6 Å². The van der Waals surface area contributed by atoms with Crippen LogP contribution < -0.4 is 15.8 Å². The van der Waals surface area contributed by atoms with Gasteiger partial charge in [0.2, 0.25) is 5.91 Å². The number of rotatable bonds is 7. The molecule has 2 amide bonds. The molecule has 0 radical (unpaired) electrons. The zero-order valence-electron chi connectivity index (χ0n) is 13.9. The van der Waals surface area contributed by atoms with Crippen molar-refractivity contribution in [2.24, 2.45) is 5.73 Å². The molecule has 0 fully saturated rings. The number of ether oxygens (including phenoxy) is 1. The monoisotopic (exact) mass is 343 g/mol. The van der Waals surface area contributed by atoms with Crippen molar-refractivity contribution in [2.45, 2.75) is 25.8 Å². The fourth-order valence-corrected chi connectivity index (χ4v) is 2.16. The SMILES string of the molecule is CCCOc1ccnc(C(=O)NC(=O)[C@@H](N)Cc2ccccc2)c1O. The molecule has 0 aliphatic heterocycles. The summed E-state index contributed by atoms with van der Waals surface area (Å²) in [6.45, 7) is 2.30. The molecule has 132 valence electrons. The minimum Gasteiger partial charge on any atom is -0.503 e. The Morgan fingerprint density at radius 2 is 2.00 bits per heavy atom. The Kier molecular flexibility index (Phi) is 6.47. The van der Waals surface area contributed by atoms with E-state index in [1.165, 1.54) is 12.3 Å². The fourth-order valence-electron chi connectivity index (χ4n) is 2.16. The third-order valence-corrected chi connectivity index (χ3v) is 3.44. The first-order valence-electron chi connectivity index (χ1n) is 7.98. The van der Waals surface area contributed by atoms with Crippen molar-refractivity contribution in [2.75, 3.05) is 6.61 Å². The Hall–Kier alpha value is -2.93. The molecule has 1 heterocycles. The maximum atomic E-state index is 12.2. The van der Waals surface area contributed by atoms with E-state index in [1.807, 2.05) is 37.3 Å². The van der Waals surface area contributed by atoms with Crippen LogP contribution in [0.1, 0.15) is 29.4 Å². The maximum Gasteiger partial charge on any atom is 0.280 e. The number of nitrogens with two attached hydrogens (primary N) is 1. The number of carbonyl (C=O) groups is 2. The van der Waals surface area contributed by atoms with Gasteiger partial charge in [0.25, 0.3) is 5.91 Å².